The van der Waals surface area contributed by atoms with Crippen LogP contribution in [0, 0.1) is 0 Å². The fraction of sp³-hybridized carbons (Fsp3) is 0.174. The first-order valence-corrected chi connectivity index (χ1v) is 9.20. The van der Waals surface area contributed by atoms with E-state index in [-0.39, 0.29) is 5.12 Å². The zero-order valence-electron chi connectivity index (χ0n) is 14.5. The largest absolute Gasteiger partial charge is 0.365 e. The normalized spacial score (nSPS) is 11.9. The van der Waals surface area contributed by atoms with Gasteiger partial charge < -0.3 is 4.74 Å². The van der Waals surface area contributed by atoms with Crippen molar-refractivity contribution in [3.05, 3.63) is 96.1 Å². The van der Waals surface area contributed by atoms with Crippen molar-refractivity contribution < 1.29 is 9.53 Å². The summed E-state index contributed by atoms with van der Waals surface area (Å²) in [5.41, 5.74) is 4.53. The van der Waals surface area contributed by atoms with Gasteiger partial charge in [0.1, 0.15) is 6.10 Å². The molecular weight excluding hydrogens is 340 g/mol. The standard InChI is InChI=1S/C23H22O2S/c24-23(26)22(16-15-18-9-3-1-4-10-18)25-17-20-13-7-8-14-21(20)19-11-5-2-6-12-19/h1-14,22H,15-17H2,(H,24,26). The fourth-order valence-electron chi connectivity index (χ4n) is 2.96. The molecule has 3 rings (SSSR count). The third kappa shape index (κ3) is 5.07. The number of carbonyl (C=O) groups excluding carboxylic acids is 1. The second-order valence-electron chi connectivity index (χ2n) is 6.19. The Morgan fingerprint density at radius 1 is 0.846 bits per heavy atom. The van der Waals surface area contributed by atoms with Crippen molar-refractivity contribution in [3.63, 3.8) is 0 Å². The van der Waals surface area contributed by atoms with Crippen molar-refractivity contribution >= 4 is 17.7 Å². The van der Waals surface area contributed by atoms with Gasteiger partial charge in [0.15, 0.2) is 0 Å². The smallest absolute Gasteiger partial charge is 0.214 e. The maximum Gasteiger partial charge on any atom is 0.214 e. The van der Waals surface area contributed by atoms with Gasteiger partial charge >= 0.3 is 0 Å². The molecule has 0 saturated heterocycles. The van der Waals surface area contributed by atoms with Crippen LogP contribution in [0.3, 0.4) is 0 Å². The van der Waals surface area contributed by atoms with E-state index >= 15 is 0 Å². The van der Waals surface area contributed by atoms with Gasteiger partial charge in [-0.3, -0.25) is 4.79 Å². The highest BCUT2D eigenvalue weighted by atomic mass is 32.1. The molecule has 0 aliphatic carbocycles. The van der Waals surface area contributed by atoms with E-state index in [4.69, 9.17) is 4.74 Å². The minimum Gasteiger partial charge on any atom is -0.365 e. The molecule has 3 aromatic carbocycles. The van der Waals surface area contributed by atoms with Crippen LogP contribution in [0.1, 0.15) is 17.5 Å². The second kappa shape index (κ2) is 9.37. The summed E-state index contributed by atoms with van der Waals surface area (Å²) in [5, 5.41) is -0.224. The number of hydrogen-bond donors (Lipinski definition) is 1. The van der Waals surface area contributed by atoms with Crippen LogP contribution in [-0.4, -0.2) is 11.2 Å². The Hall–Kier alpha value is -2.36. The molecule has 0 aliphatic heterocycles. The molecule has 0 heterocycles. The van der Waals surface area contributed by atoms with E-state index in [1.54, 1.807) is 0 Å². The van der Waals surface area contributed by atoms with Gasteiger partial charge in [-0.1, -0.05) is 84.9 Å². The summed E-state index contributed by atoms with van der Waals surface area (Å²) in [7, 11) is 0. The van der Waals surface area contributed by atoms with Crippen LogP contribution in [-0.2, 0) is 22.6 Å². The first-order chi connectivity index (χ1) is 12.7. The highest BCUT2D eigenvalue weighted by Crippen LogP contribution is 2.24. The fourth-order valence-corrected chi connectivity index (χ4v) is 3.16. The van der Waals surface area contributed by atoms with Crippen molar-refractivity contribution in [2.45, 2.75) is 25.6 Å². The highest BCUT2D eigenvalue weighted by molar-refractivity contribution is 7.96. The first kappa shape index (κ1) is 18.4. The molecule has 0 aromatic heterocycles. The molecule has 3 heteroatoms. The van der Waals surface area contributed by atoms with Gasteiger partial charge in [0, 0.05) is 0 Å². The van der Waals surface area contributed by atoms with Gasteiger partial charge in [-0.25, -0.2) is 0 Å². The number of aryl methyl sites for hydroxylation is 1. The molecule has 0 bridgehead atoms. The van der Waals surface area contributed by atoms with E-state index in [0.717, 1.165) is 23.1 Å². The molecule has 2 nitrogen and oxygen atoms in total. The monoisotopic (exact) mass is 362 g/mol. The van der Waals surface area contributed by atoms with Crippen LogP contribution >= 0.6 is 12.6 Å². The molecule has 0 radical (unpaired) electrons. The van der Waals surface area contributed by atoms with Gasteiger partial charge in [0.2, 0.25) is 5.12 Å². The van der Waals surface area contributed by atoms with Crippen molar-refractivity contribution in [2.24, 2.45) is 0 Å². The lowest BCUT2D eigenvalue weighted by atomic mass is 10.0. The quantitative estimate of drug-likeness (QED) is 0.548. The molecule has 0 aliphatic rings. The van der Waals surface area contributed by atoms with Gasteiger partial charge in [-0.05, 0) is 35.1 Å². The van der Waals surface area contributed by atoms with Crippen LogP contribution in [0.5, 0.6) is 0 Å². The van der Waals surface area contributed by atoms with Gasteiger partial charge in [-0.15, -0.1) is 12.6 Å². The van der Waals surface area contributed by atoms with Crippen molar-refractivity contribution in [1.29, 1.82) is 0 Å². The average Bonchev–Trinajstić information content (AvgIpc) is 2.69. The minimum absolute atomic E-state index is 0.224. The van der Waals surface area contributed by atoms with Crippen LogP contribution in [0.25, 0.3) is 11.1 Å². The lowest BCUT2D eigenvalue weighted by molar-refractivity contribution is -0.122. The summed E-state index contributed by atoms with van der Waals surface area (Å²) < 4.78 is 5.95. The number of rotatable bonds is 8. The third-order valence-electron chi connectivity index (χ3n) is 4.36. The van der Waals surface area contributed by atoms with E-state index in [2.05, 4.69) is 43.0 Å². The highest BCUT2D eigenvalue weighted by Gasteiger charge is 2.17. The predicted molar refractivity (Wildman–Crippen MR) is 109 cm³/mol. The Labute approximate surface area is 160 Å². The third-order valence-corrected chi connectivity index (χ3v) is 4.64. The van der Waals surface area contributed by atoms with Crippen LogP contribution in [0.4, 0.5) is 0 Å². The Bertz CT molecular complexity index is 831. The molecular formula is C23H22O2S. The summed E-state index contributed by atoms with van der Waals surface area (Å²) >= 11 is 4.02. The molecule has 0 spiro atoms. The average molecular weight is 362 g/mol. The summed E-state index contributed by atoms with van der Waals surface area (Å²) in [5.74, 6) is 0. The molecule has 1 unspecified atom stereocenters. The van der Waals surface area contributed by atoms with Crippen molar-refractivity contribution in [2.75, 3.05) is 0 Å². The maximum absolute atomic E-state index is 11.9. The zero-order chi connectivity index (χ0) is 18.2. The maximum atomic E-state index is 11.9. The van der Waals surface area contributed by atoms with E-state index < -0.39 is 6.10 Å². The molecule has 3 aromatic rings. The number of ether oxygens (including phenoxy) is 1. The molecule has 1 atom stereocenters. The van der Waals surface area contributed by atoms with E-state index in [9.17, 15) is 4.79 Å². The topological polar surface area (TPSA) is 26.3 Å². The number of thiol groups is 1. The molecule has 0 saturated carbocycles. The lowest BCUT2D eigenvalue weighted by Gasteiger charge is -2.16. The lowest BCUT2D eigenvalue weighted by Crippen LogP contribution is -2.21. The Morgan fingerprint density at radius 2 is 1.46 bits per heavy atom. The Kier molecular flexibility index (Phi) is 6.64. The van der Waals surface area contributed by atoms with Gasteiger partial charge in [0.25, 0.3) is 0 Å². The van der Waals surface area contributed by atoms with E-state index in [1.165, 1.54) is 5.56 Å². The second-order valence-corrected chi connectivity index (χ2v) is 6.63. The number of benzene rings is 3. The van der Waals surface area contributed by atoms with Crippen LogP contribution in [0.2, 0.25) is 0 Å². The van der Waals surface area contributed by atoms with E-state index in [1.807, 2.05) is 54.6 Å². The van der Waals surface area contributed by atoms with Crippen LogP contribution in [0.15, 0.2) is 84.9 Å². The summed E-state index contributed by atoms with van der Waals surface area (Å²) in [4.78, 5) is 11.9. The van der Waals surface area contributed by atoms with Crippen LogP contribution < -0.4 is 0 Å². The first-order valence-electron chi connectivity index (χ1n) is 8.75. The van der Waals surface area contributed by atoms with Gasteiger partial charge in [-0.2, -0.15) is 0 Å². The minimum atomic E-state index is -0.512. The molecule has 0 fully saturated rings. The molecule has 26 heavy (non-hydrogen) atoms. The SMILES string of the molecule is O=C(S)C(CCc1ccccc1)OCc1ccccc1-c1ccccc1. The molecule has 132 valence electrons. The van der Waals surface area contributed by atoms with Crippen molar-refractivity contribution in [3.8, 4) is 11.1 Å². The van der Waals surface area contributed by atoms with Gasteiger partial charge in [0.05, 0.1) is 6.61 Å². The summed E-state index contributed by atoms with van der Waals surface area (Å²) in [6, 6.07) is 28.4. The summed E-state index contributed by atoms with van der Waals surface area (Å²) in [6.07, 6.45) is 0.903. The van der Waals surface area contributed by atoms with E-state index in [0.29, 0.717) is 13.0 Å². The number of carbonyl (C=O) groups is 1. The Morgan fingerprint density at radius 3 is 2.15 bits per heavy atom. The Balaban J connectivity index is 1.67. The number of hydrogen-bond acceptors (Lipinski definition) is 2. The zero-order valence-corrected chi connectivity index (χ0v) is 15.4. The van der Waals surface area contributed by atoms with Crippen molar-refractivity contribution in [1.82, 2.24) is 0 Å². The molecule has 0 N–H and O–H groups in total. The molecule has 0 amide bonds. The predicted octanol–water partition coefficient (Wildman–Crippen LogP) is 5.33. The summed E-state index contributed by atoms with van der Waals surface area (Å²) in [6.45, 7) is 0.386.